The number of aromatic carboxylic acids is 1. The minimum atomic E-state index is -0.969. The maximum absolute atomic E-state index is 11.0. The Morgan fingerprint density at radius 1 is 1.10 bits per heavy atom. The van der Waals surface area contributed by atoms with E-state index < -0.39 is 12.1 Å². The van der Waals surface area contributed by atoms with Crippen LogP contribution in [0.1, 0.15) is 74.7 Å². The molecule has 0 radical (unpaired) electrons. The summed E-state index contributed by atoms with van der Waals surface area (Å²) in [5.41, 5.74) is 3.79. The van der Waals surface area contributed by atoms with E-state index in [0.29, 0.717) is 11.5 Å². The molecule has 0 aliphatic carbocycles. The largest absolute Gasteiger partial charge is 0.478 e. The van der Waals surface area contributed by atoms with Gasteiger partial charge in [0.2, 0.25) is 0 Å². The molecular formula is C26H33NO3. The predicted octanol–water partition coefficient (Wildman–Crippen LogP) is 5.25. The van der Waals surface area contributed by atoms with E-state index in [-0.39, 0.29) is 11.0 Å². The summed E-state index contributed by atoms with van der Waals surface area (Å²) >= 11 is 0. The summed E-state index contributed by atoms with van der Waals surface area (Å²) < 4.78 is 0. The third-order valence-electron chi connectivity index (χ3n) is 4.91. The first-order chi connectivity index (χ1) is 14.0. The Kier molecular flexibility index (Phi) is 7.70. The van der Waals surface area contributed by atoms with Gasteiger partial charge in [0, 0.05) is 24.3 Å². The molecule has 160 valence electrons. The zero-order valence-corrected chi connectivity index (χ0v) is 18.9. The molecule has 0 aliphatic rings. The first-order valence-corrected chi connectivity index (χ1v) is 10.5. The number of nitrogens with zero attached hydrogens (tertiary/aromatic N) is 1. The molecule has 0 heterocycles. The van der Waals surface area contributed by atoms with Crippen LogP contribution in [0.3, 0.4) is 0 Å². The van der Waals surface area contributed by atoms with Crippen molar-refractivity contribution in [3.63, 3.8) is 0 Å². The Bertz CT molecular complexity index is 927. The van der Waals surface area contributed by atoms with Gasteiger partial charge >= 0.3 is 5.97 Å². The number of aliphatic hydroxyl groups is 1. The molecule has 0 aliphatic heterocycles. The molecule has 0 spiro atoms. The van der Waals surface area contributed by atoms with E-state index in [4.69, 9.17) is 5.11 Å². The topological polar surface area (TPSA) is 60.8 Å². The number of carbonyl (C=O) groups is 1. The third kappa shape index (κ3) is 5.87. The van der Waals surface area contributed by atoms with Crippen LogP contribution in [0.2, 0.25) is 0 Å². The Labute approximate surface area is 180 Å². The van der Waals surface area contributed by atoms with Gasteiger partial charge in [-0.3, -0.25) is 0 Å². The van der Waals surface area contributed by atoms with Gasteiger partial charge in [0.25, 0.3) is 0 Å². The fourth-order valence-corrected chi connectivity index (χ4v) is 3.63. The number of carboxylic acid groups (broad SMARTS) is 1. The van der Waals surface area contributed by atoms with Crippen LogP contribution in [0, 0.1) is 17.8 Å². The van der Waals surface area contributed by atoms with Crippen molar-refractivity contribution in [2.45, 2.75) is 53.1 Å². The van der Waals surface area contributed by atoms with E-state index in [2.05, 4.69) is 64.3 Å². The first kappa shape index (κ1) is 23.5. The minimum absolute atomic E-state index is 0.165. The fraction of sp³-hybridized carbons (Fsp3) is 0.423. The molecule has 0 saturated carbocycles. The molecule has 1 unspecified atom stereocenters. The summed E-state index contributed by atoms with van der Waals surface area (Å²) in [4.78, 5) is 13.4. The van der Waals surface area contributed by atoms with Crippen molar-refractivity contribution < 1.29 is 15.0 Å². The number of benzene rings is 2. The second-order valence-corrected chi connectivity index (χ2v) is 8.98. The molecule has 4 nitrogen and oxygen atoms in total. The highest BCUT2D eigenvalue weighted by Crippen LogP contribution is 2.37. The van der Waals surface area contributed by atoms with Gasteiger partial charge in [-0.25, -0.2) is 4.79 Å². The summed E-state index contributed by atoms with van der Waals surface area (Å²) in [5, 5.41) is 20.0. The Balaban J connectivity index is 2.46. The van der Waals surface area contributed by atoms with Crippen LogP contribution < -0.4 is 4.90 Å². The van der Waals surface area contributed by atoms with E-state index in [1.54, 1.807) is 12.1 Å². The van der Waals surface area contributed by atoms with Crippen molar-refractivity contribution in [2.24, 2.45) is 5.92 Å². The van der Waals surface area contributed by atoms with Gasteiger partial charge in [0.05, 0.1) is 5.56 Å². The molecule has 2 N–H and O–H groups in total. The van der Waals surface area contributed by atoms with Crippen LogP contribution in [-0.4, -0.2) is 29.3 Å². The number of rotatable bonds is 6. The highest BCUT2D eigenvalue weighted by Gasteiger charge is 2.26. The molecule has 0 amide bonds. The van der Waals surface area contributed by atoms with Gasteiger partial charge < -0.3 is 15.1 Å². The zero-order valence-electron chi connectivity index (χ0n) is 18.9. The Hall–Kier alpha value is -2.77. The summed E-state index contributed by atoms with van der Waals surface area (Å²) in [6, 6.07) is 12.4. The lowest BCUT2D eigenvalue weighted by Crippen LogP contribution is -2.31. The first-order valence-electron chi connectivity index (χ1n) is 10.5. The average molecular weight is 408 g/mol. The highest BCUT2D eigenvalue weighted by atomic mass is 16.4. The van der Waals surface area contributed by atoms with Crippen LogP contribution in [0.5, 0.6) is 0 Å². The summed E-state index contributed by atoms with van der Waals surface area (Å²) in [6.07, 6.45) is -0.934. The minimum Gasteiger partial charge on any atom is -0.478 e. The normalized spacial score (nSPS) is 12.3. The van der Waals surface area contributed by atoms with Crippen molar-refractivity contribution in [2.75, 3.05) is 18.0 Å². The molecule has 4 heteroatoms. The maximum Gasteiger partial charge on any atom is 0.335 e. The van der Waals surface area contributed by atoms with Gasteiger partial charge in [0.15, 0.2) is 0 Å². The van der Waals surface area contributed by atoms with Gasteiger partial charge in [0.1, 0.15) is 6.10 Å². The number of anilines is 1. The third-order valence-corrected chi connectivity index (χ3v) is 4.91. The van der Waals surface area contributed by atoms with Gasteiger partial charge in [-0.15, -0.1) is 0 Å². The molecule has 1 atom stereocenters. The summed E-state index contributed by atoms with van der Waals surface area (Å²) in [5.74, 6) is 5.48. The summed E-state index contributed by atoms with van der Waals surface area (Å²) in [6.45, 7) is 14.9. The lowest BCUT2D eigenvalue weighted by Gasteiger charge is -2.34. The molecule has 0 saturated heterocycles. The van der Waals surface area contributed by atoms with Gasteiger partial charge in [-0.2, -0.15) is 0 Å². The Morgan fingerprint density at radius 2 is 1.73 bits per heavy atom. The lowest BCUT2D eigenvalue weighted by molar-refractivity contribution is 0.0697. The standard InChI is InChI=1S/C26H33NO3/c1-7-27(17-18(2)3)22-10-8-9-21(24(22)26(4,5)6)23(28)16-13-19-11-14-20(15-12-19)25(29)30/h8-12,14-15,18,23,28H,7,17H2,1-6H3,(H,29,30). The SMILES string of the molecule is CCN(CC(C)C)c1cccc(C(O)C#Cc2ccc(C(=O)O)cc2)c1C(C)(C)C. The molecule has 0 aromatic heterocycles. The molecule has 0 bridgehead atoms. The monoisotopic (exact) mass is 407 g/mol. The zero-order chi connectivity index (χ0) is 22.5. The fourth-order valence-electron chi connectivity index (χ4n) is 3.63. The molecule has 2 rings (SSSR count). The van der Waals surface area contributed by atoms with Crippen LogP contribution >= 0.6 is 0 Å². The van der Waals surface area contributed by atoms with E-state index in [9.17, 15) is 9.90 Å². The van der Waals surface area contributed by atoms with Crippen molar-refractivity contribution >= 4 is 11.7 Å². The quantitative estimate of drug-likeness (QED) is 0.642. The second-order valence-electron chi connectivity index (χ2n) is 8.98. The van der Waals surface area contributed by atoms with Crippen LogP contribution in [0.4, 0.5) is 5.69 Å². The maximum atomic E-state index is 11.0. The smallest absolute Gasteiger partial charge is 0.335 e. The van der Waals surface area contributed by atoms with E-state index in [1.807, 2.05) is 12.1 Å². The Morgan fingerprint density at radius 3 is 2.23 bits per heavy atom. The van der Waals surface area contributed by atoms with E-state index >= 15 is 0 Å². The number of aliphatic hydroxyl groups excluding tert-OH is 1. The second kappa shape index (κ2) is 9.82. The number of hydrogen-bond donors (Lipinski definition) is 2. The average Bonchev–Trinajstić information content (AvgIpc) is 2.69. The van der Waals surface area contributed by atoms with Crippen molar-refractivity contribution in [3.8, 4) is 11.8 Å². The molecule has 2 aromatic rings. The molecule has 2 aromatic carbocycles. The number of hydrogen-bond acceptors (Lipinski definition) is 3. The number of carboxylic acids is 1. The highest BCUT2D eigenvalue weighted by molar-refractivity contribution is 5.87. The van der Waals surface area contributed by atoms with Gasteiger partial charge in [-0.05, 0) is 59.7 Å². The van der Waals surface area contributed by atoms with E-state index in [0.717, 1.165) is 29.9 Å². The van der Waals surface area contributed by atoms with Crippen molar-refractivity contribution in [3.05, 3.63) is 64.7 Å². The van der Waals surface area contributed by atoms with Crippen molar-refractivity contribution in [1.82, 2.24) is 0 Å². The van der Waals surface area contributed by atoms with Crippen LogP contribution in [0.25, 0.3) is 0 Å². The molecular weight excluding hydrogens is 374 g/mol. The lowest BCUT2D eigenvalue weighted by atomic mass is 9.80. The predicted molar refractivity (Wildman–Crippen MR) is 123 cm³/mol. The van der Waals surface area contributed by atoms with Gasteiger partial charge in [-0.1, -0.05) is 58.6 Å². The van der Waals surface area contributed by atoms with Crippen LogP contribution in [-0.2, 0) is 5.41 Å². The van der Waals surface area contributed by atoms with Crippen LogP contribution in [0.15, 0.2) is 42.5 Å². The van der Waals surface area contributed by atoms with E-state index in [1.165, 1.54) is 12.1 Å². The van der Waals surface area contributed by atoms with Crippen molar-refractivity contribution in [1.29, 1.82) is 0 Å². The summed E-state index contributed by atoms with van der Waals surface area (Å²) in [7, 11) is 0. The molecule has 30 heavy (non-hydrogen) atoms. The molecule has 0 fully saturated rings.